The number of para-hydroxylation sites is 1. The lowest BCUT2D eigenvalue weighted by atomic mass is 10.1. The van der Waals surface area contributed by atoms with Gasteiger partial charge in [-0.15, -0.1) is 0 Å². The van der Waals surface area contributed by atoms with Crippen molar-refractivity contribution >= 4 is 38.6 Å². The minimum Gasteiger partial charge on any atom is -0.480 e. The Labute approximate surface area is 209 Å². The molecule has 9 heteroatoms. The van der Waals surface area contributed by atoms with Crippen LogP contribution in [-0.4, -0.2) is 42.8 Å². The average Bonchev–Trinajstić information content (AvgIpc) is 3.29. The molecule has 0 aliphatic carbocycles. The van der Waals surface area contributed by atoms with Crippen LogP contribution in [0.2, 0.25) is 0 Å². The number of carbonyl (C=O) groups excluding carboxylic acids is 1. The normalized spacial score (nSPS) is 12.7. The third-order valence-corrected chi connectivity index (χ3v) is 7.79. The maximum atomic E-state index is 13.0. The minimum atomic E-state index is -3.99. The SMILES string of the molecule is CC(C)[C@@H](C(=O)O)N(C)S(=O)(=O)c1ccc(-c2ccc(NC(=O)c3cc4ccccc4o3)cc2)cc1. The van der Waals surface area contributed by atoms with E-state index in [4.69, 9.17) is 4.42 Å². The van der Waals surface area contributed by atoms with E-state index in [9.17, 15) is 23.1 Å². The summed E-state index contributed by atoms with van der Waals surface area (Å²) in [6.45, 7) is 3.33. The molecule has 0 fully saturated rings. The van der Waals surface area contributed by atoms with E-state index < -0.39 is 28.0 Å². The van der Waals surface area contributed by atoms with E-state index in [1.165, 1.54) is 19.2 Å². The third-order valence-electron chi connectivity index (χ3n) is 5.93. The highest BCUT2D eigenvalue weighted by Crippen LogP contribution is 2.26. The summed E-state index contributed by atoms with van der Waals surface area (Å²) < 4.78 is 32.4. The van der Waals surface area contributed by atoms with E-state index in [-0.39, 0.29) is 16.6 Å². The number of amides is 1. The maximum absolute atomic E-state index is 13.0. The van der Waals surface area contributed by atoms with E-state index in [1.807, 2.05) is 30.3 Å². The van der Waals surface area contributed by atoms with Crippen LogP contribution in [-0.2, 0) is 14.8 Å². The molecule has 3 aromatic carbocycles. The molecule has 1 aromatic heterocycles. The summed E-state index contributed by atoms with van der Waals surface area (Å²) in [5.74, 6) is -1.74. The van der Waals surface area contributed by atoms with Gasteiger partial charge in [-0.25, -0.2) is 8.42 Å². The fourth-order valence-electron chi connectivity index (χ4n) is 4.03. The van der Waals surface area contributed by atoms with E-state index in [2.05, 4.69) is 5.32 Å². The molecule has 0 radical (unpaired) electrons. The first-order valence-electron chi connectivity index (χ1n) is 11.3. The number of benzene rings is 3. The van der Waals surface area contributed by atoms with Crippen LogP contribution in [0.15, 0.2) is 88.2 Å². The van der Waals surface area contributed by atoms with E-state index in [1.54, 1.807) is 50.2 Å². The molecule has 0 aliphatic rings. The molecule has 0 saturated heterocycles. The van der Waals surface area contributed by atoms with Crippen molar-refractivity contribution in [3.8, 4) is 11.1 Å². The molecule has 0 spiro atoms. The summed E-state index contributed by atoms with van der Waals surface area (Å²) in [7, 11) is -2.71. The van der Waals surface area contributed by atoms with Crippen LogP contribution in [0, 0.1) is 5.92 Å². The molecule has 0 unspecified atom stereocenters. The van der Waals surface area contributed by atoms with Gasteiger partial charge in [0.2, 0.25) is 10.0 Å². The van der Waals surface area contributed by atoms with Gasteiger partial charge >= 0.3 is 5.97 Å². The number of carboxylic acid groups (broad SMARTS) is 1. The molecular formula is C27H26N2O6S. The summed E-state index contributed by atoms with van der Waals surface area (Å²) in [5.41, 5.74) is 2.81. The van der Waals surface area contributed by atoms with E-state index in [0.717, 1.165) is 20.8 Å². The molecule has 4 aromatic rings. The lowest BCUT2D eigenvalue weighted by Crippen LogP contribution is -2.45. The topological polar surface area (TPSA) is 117 Å². The van der Waals surface area contributed by atoms with E-state index in [0.29, 0.717) is 11.3 Å². The number of nitrogens with one attached hydrogen (secondary N) is 1. The number of likely N-dealkylation sites (N-methyl/N-ethyl adjacent to an activating group) is 1. The summed E-state index contributed by atoms with van der Waals surface area (Å²) in [5, 5.41) is 13.1. The van der Waals surface area contributed by atoms with Crippen LogP contribution >= 0.6 is 0 Å². The van der Waals surface area contributed by atoms with Gasteiger partial charge in [-0.1, -0.05) is 56.3 Å². The number of carboxylic acids is 1. The van der Waals surface area contributed by atoms with Gasteiger partial charge in [-0.2, -0.15) is 4.31 Å². The van der Waals surface area contributed by atoms with Gasteiger partial charge in [0.1, 0.15) is 11.6 Å². The van der Waals surface area contributed by atoms with Crippen LogP contribution in [0.3, 0.4) is 0 Å². The number of anilines is 1. The molecule has 0 bridgehead atoms. The minimum absolute atomic E-state index is 0.00960. The number of fused-ring (bicyclic) bond motifs is 1. The fourth-order valence-corrected chi connectivity index (χ4v) is 5.47. The van der Waals surface area contributed by atoms with Crippen molar-refractivity contribution in [2.75, 3.05) is 12.4 Å². The average molecular weight is 507 g/mol. The molecule has 4 rings (SSSR count). The summed E-state index contributed by atoms with van der Waals surface area (Å²) in [4.78, 5) is 24.1. The van der Waals surface area contributed by atoms with Gasteiger partial charge in [-0.3, -0.25) is 9.59 Å². The highest BCUT2D eigenvalue weighted by Gasteiger charge is 2.34. The number of rotatable bonds is 8. The van der Waals surface area contributed by atoms with Crippen molar-refractivity contribution in [3.05, 3.63) is 84.6 Å². The van der Waals surface area contributed by atoms with Gasteiger partial charge in [-0.05, 0) is 53.4 Å². The highest BCUT2D eigenvalue weighted by molar-refractivity contribution is 7.89. The zero-order valence-corrected chi connectivity index (χ0v) is 20.8. The van der Waals surface area contributed by atoms with Crippen LogP contribution in [0.4, 0.5) is 5.69 Å². The Balaban J connectivity index is 1.48. The Bertz CT molecular complexity index is 1470. The maximum Gasteiger partial charge on any atom is 0.322 e. The fraction of sp³-hybridized carbons (Fsp3) is 0.185. The molecule has 1 heterocycles. The van der Waals surface area contributed by atoms with Crippen molar-refractivity contribution in [2.24, 2.45) is 5.92 Å². The molecule has 186 valence electrons. The predicted octanol–water partition coefficient (Wildman–Crippen LogP) is 5.08. The zero-order valence-electron chi connectivity index (χ0n) is 20.0. The summed E-state index contributed by atoms with van der Waals surface area (Å²) in [6.07, 6.45) is 0. The van der Waals surface area contributed by atoms with Crippen molar-refractivity contribution in [1.82, 2.24) is 4.31 Å². The standard InChI is InChI=1S/C27H26N2O6S/c1-17(2)25(27(31)32)29(3)36(33,34)22-14-10-19(11-15-22)18-8-12-21(13-9-18)28-26(30)24-16-20-6-4-5-7-23(20)35-24/h4-17,25H,1-3H3,(H,28,30)(H,31,32)/t25-/m0/s1. The van der Waals surface area contributed by atoms with Crippen molar-refractivity contribution < 1.29 is 27.5 Å². The number of hydrogen-bond donors (Lipinski definition) is 2. The number of furan rings is 1. The molecule has 36 heavy (non-hydrogen) atoms. The molecular weight excluding hydrogens is 480 g/mol. The lowest BCUT2D eigenvalue weighted by Gasteiger charge is -2.27. The van der Waals surface area contributed by atoms with Crippen LogP contribution in [0.1, 0.15) is 24.4 Å². The first-order chi connectivity index (χ1) is 17.1. The van der Waals surface area contributed by atoms with Gasteiger partial charge in [0.15, 0.2) is 5.76 Å². The van der Waals surface area contributed by atoms with Gasteiger partial charge < -0.3 is 14.8 Å². The third kappa shape index (κ3) is 5.02. The molecule has 0 saturated carbocycles. The summed E-state index contributed by atoms with van der Waals surface area (Å²) in [6, 6.07) is 21.2. The molecule has 2 N–H and O–H groups in total. The Hall–Kier alpha value is -3.95. The second-order valence-electron chi connectivity index (χ2n) is 8.75. The Morgan fingerprint density at radius 1 is 0.917 bits per heavy atom. The number of aliphatic carboxylic acids is 1. The van der Waals surface area contributed by atoms with Gasteiger partial charge in [0.05, 0.1) is 4.90 Å². The predicted molar refractivity (Wildman–Crippen MR) is 137 cm³/mol. The second kappa shape index (κ2) is 9.96. The van der Waals surface area contributed by atoms with Crippen molar-refractivity contribution in [3.63, 3.8) is 0 Å². The molecule has 1 amide bonds. The van der Waals surface area contributed by atoms with Gasteiger partial charge in [0.25, 0.3) is 5.91 Å². The molecule has 0 aliphatic heterocycles. The Kier molecular flexibility index (Phi) is 6.96. The Morgan fingerprint density at radius 2 is 1.50 bits per heavy atom. The second-order valence-corrected chi connectivity index (χ2v) is 10.8. The largest absolute Gasteiger partial charge is 0.480 e. The van der Waals surface area contributed by atoms with E-state index >= 15 is 0 Å². The quantitative estimate of drug-likeness (QED) is 0.344. The van der Waals surface area contributed by atoms with Crippen molar-refractivity contribution in [1.29, 1.82) is 0 Å². The van der Waals surface area contributed by atoms with Gasteiger partial charge in [0, 0.05) is 18.1 Å². The van der Waals surface area contributed by atoms with Crippen LogP contribution in [0.5, 0.6) is 0 Å². The number of nitrogens with zero attached hydrogens (tertiary/aromatic N) is 1. The lowest BCUT2D eigenvalue weighted by molar-refractivity contribution is -0.142. The smallest absolute Gasteiger partial charge is 0.322 e. The van der Waals surface area contributed by atoms with Crippen LogP contribution < -0.4 is 5.32 Å². The summed E-state index contributed by atoms with van der Waals surface area (Å²) >= 11 is 0. The Morgan fingerprint density at radius 3 is 2.06 bits per heavy atom. The first-order valence-corrected chi connectivity index (χ1v) is 12.7. The highest BCUT2D eigenvalue weighted by atomic mass is 32.2. The van der Waals surface area contributed by atoms with Crippen molar-refractivity contribution in [2.45, 2.75) is 24.8 Å². The number of hydrogen-bond acceptors (Lipinski definition) is 5. The molecule has 8 nitrogen and oxygen atoms in total. The number of carbonyl (C=O) groups is 2. The first kappa shape index (κ1) is 25.2. The number of sulfonamides is 1. The molecule has 1 atom stereocenters. The van der Waals surface area contributed by atoms with Crippen LogP contribution in [0.25, 0.3) is 22.1 Å². The monoisotopic (exact) mass is 506 g/mol. The zero-order chi connectivity index (χ0) is 26.0.